The quantitative estimate of drug-likeness (QED) is 0.796. The Morgan fingerprint density at radius 1 is 1.25 bits per heavy atom. The average molecular weight is 415 g/mol. The lowest BCUT2D eigenvalue weighted by molar-refractivity contribution is -0.137. The molecule has 0 spiro atoms. The Morgan fingerprint density at radius 2 is 2.00 bits per heavy atom. The summed E-state index contributed by atoms with van der Waals surface area (Å²) in [6, 6.07) is 5.66. The van der Waals surface area contributed by atoms with E-state index in [4.69, 9.17) is 16.3 Å². The Bertz CT molecular complexity index is 842. The predicted molar refractivity (Wildman–Crippen MR) is 99.6 cm³/mol. The van der Waals surface area contributed by atoms with E-state index in [2.05, 4.69) is 20.5 Å². The van der Waals surface area contributed by atoms with E-state index in [9.17, 15) is 18.0 Å². The van der Waals surface area contributed by atoms with E-state index in [1.165, 1.54) is 0 Å². The molecule has 6 nitrogen and oxygen atoms in total. The van der Waals surface area contributed by atoms with E-state index < -0.39 is 17.8 Å². The van der Waals surface area contributed by atoms with Gasteiger partial charge < -0.3 is 20.3 Å². The van der Waals surface area contributed by atoms with Gasteiger partial charge in [-0.25, -0.2) is 9.78 Å². The first-order valence-electron chi connectivity index (χ1n) is 8.53. The molecule has 0 saturated carbocycles. The van der Waals surface area contributed by atoms with Crippen molar-refractivity contribution in [2.45, 2.75) is 12.7 Å². The second-order valence-electron chi connectivity index (χ2n) is 6.09. The van der Waals surface area contributed by atoms with Gasteiger partial charge in [-0.05, 0) is 24.3 Å². The van der Waals surface area contributed by atoms with E-state index in [0.717, 1.165) is 29.6 Å². The molecule has 1 aliphatic heterocycles. The van der Waals surface area contributed by atoms with Gasteiger partial charge in [0.15, 0.2) is 0 Å². The molecule has 0 aliphatic carbocycles. The van der Waals surface area contributed by atoms with Crippen LogP contribution in [-0.2, 0) is 17.5 Å². The third-order valence-corrected chi connectivity index (χ3v) is 4.49. The highest BCUT2D eigenvalue weighted by molar-refractivity contribution is 6.33. The summed E-state index contributed by atoms with van der Waals surface area (Å²) in [6.45, 7) is 2.73. The highest BCUT2D eigenvalue weighted by Gasteiger charge is 2.31. The smallest absolute Gasteiger partial charge is 0.378 e. The summed E-state index contributed by atoms with van der Waals surface area (Å²) in [7, 11) is 0. The molecule has 28 heavy (non-hydrogen) atoms. The van der Waals surface area contributed by atoms with Crippen LogP contribution in [0.4, 0.5) is 29.5 Å². The third-order valence-electron chi connectivity index (χ3n) is 4.16. The summed E-state index contributed by atoms with van der Waals surface area (Å²) in [5.41, 5.74) is -0.225. The molecule has 2 amide bonds. The number of hydrogen-bond donors (Lipinski definition) is 2. The largest absolute Gasteiger partial charge is 0.416 e. The topological polar surface area (TPSA) is 66.5 Å². The summed E-state index contributed by atoms with van der Waals surface area (Å²) in [5, 5.41) is 4.99. The fourth-order valence-electron chi connectivity index (χ4n) is 2.77. The molecule has 2 N–H and O–H groups in total. The number of rotatable bonds is 4. The van der Waals surface area contributed by atoms with Crippen LogP contribution in [0.1, 0.15) is 11.1 Å². The van der Waals surface area contributed by atoms with Crippen LogP contribution in [0.15, 0.2) is 36.5 Å². The second kappa shape index (κ2) is 8.66. The zero-order valence-corrected chi connectivity index (χ0v) is 15.5. The Hall–Kier alpha value is -2.52. The van der Waals surface area contributed by atoms with Crippen LogP contribution in [0.5, 0.6) is 0 Å². The van der Waals surface area contributed by atoms with Crippen LogP contribution >= 0.6 is 11.6 Å². The molecular formula is C18H18ClF3N4O2. The Morgan fingerprint density at radius 3 is 2.71 bits per heavy atom. The van der Waals surface area contributed by atoms with Crippen molar-refractivity contribution in [2.24, 2.45) is 0 Å². The predicted octanol–water partition coefficient (Wildman–Crippen LogP) is 3.91. The zero-order chi connectivity index (χ0) is 20.1. The number of halogens is 4. The van der Waals surface area contributed by atoms with E-state index >= 15 is 0 Å². The van der Waals surface area contributed by atoms with Gasteiger partial charge >= 0.3 is 12.2 Å². The molecule has 3 rings (SSSR count). The number of carbonyl (C=O) groups excluding carboxylic acids is 1. The number of urea groups is 1. The molecule has 10 heteroatoms. The number of amides is 2. The molecular weight excluding hydrogens is 397 g/mol. The number of nitrogens with one attached hydrogen (secondary N) is 2. The summed E-state index contributed by atoms with van der Waals surface area (Å²) in [6.07, 6.45) is -2.86. The maximum absolute atomic E-state index is 12.8. The van der Waals surface area contributed by atoms with Crippen molar-refractivity contribution in [3.05, 3.63) is 52.7 Å². The first-order chi connectivity index (χ1) is 13.3. The first-order valence-corrected chi connectivity index (χ1v) is 8.90. The fraction of sp³-hybridized carbons (Fsp3) is 0.333. The minimum atomic E-state index is -4.53. The van der Waals surface area contributed by atoms with Crippen molar-refractivity contribution in [1.82, 2.24) is 10.3 Å². The normalized spacial score (nSPS) is 14.6. The van der Waals surface area contributed by atoms with Gasteiger partial charge in [0.2, 0.25) is 0 Å². The fourth-order valence-corrected chi connectivity index (χ4v) is 2.93. The van der Waals surface area contributed by atoms with Gasteiger partial charge in [-0.1, -0.05) is 17.7 Å². The molecule has 1 aromatic carbocycles. The number of carbonyl (C=O) groups is 1. The maximum Gasteiger partial charge on any atom is 0.416 e. The van der Waals surface area contributed by atoms with Crippen LogP contribution in [0, 0.1) is 0 Å². The van der Waals surface area contributed by atoms with E-state index in [-0.39, 0.29) is 17.3 Å². The van der Waals surface area contributed by atoms with Gasteiger partial charge in [-0.3, -0.25) is 0 Å². The molecule has 0 unspecified atom stereocenters. The van der Waals surface area contributed by atoms with Gasteiger partial charge in [0, 0.05) is 31.4 Å². The first kappa shape index (κ1) is 20.2. The average Bonchev–Trinajstić information content (AvgIpc) is 2.68. The molecule has 0 radical (unpaired) electrons. The number of anilines is 2. The van der Waals surface area contributed by atoms with Crippen LogP contribution < -0.4 is 15.5 Å². The second-order valence-corrected chi connectivity index (χ2v) is 6.49. The van der Waals surface area contributed by atoms with E-state index in [1.807, 2.05) is 6.07 Å². The van der Waals surface area contributed by atoms with Crippen LogP contribution in [0.25, 0.3) is 0 Å². The van der Waals surface area contributed by atoms with Crippen molar-refractivity contribution in [2.75, 3.05) is 36.5 Å². The van der Waals surface area contributed by atoms with Gasteiger partial charge in [-0.15, -0.1) is 0 Å². The lowest BCUT2D eigenvalue weighted by Gasteiger charge is -2.29. The van der Waals surface area contributed by atoms with Crippen molar-refractivity contribution >= 4 is 29.1 Å². The lowest BCUT2D eigenvalue weighted by atomic mass is 10.2. The number of nitrogens with zero attached hydrogens (tertiary/aromatic N) is 2. The Balaban J connectivity index is 1.66. The number of morpholine rings is 1. The molecule has 1 aromatic heterocycles. The summed E-state index contributed by atoms with van der Waals surface area (Å²) in [4.78, 5) is 18.6. The standard InChI is InChI=1S/C18H18ClF3N4O2/c19-14-4-3-13(18(20,21)22)10-15(14)25-17(27)24-11-12-2-1-5-23-16(12)26-6-8-28-9-7-26/h1-5,10H,6-9,11H2,(H2,24,25,27). The third kappa shape index (κ3) is 5.05. The summed E-state index contributed by atoms with van der Waals surface area (Å²) >= 11 is 5.90. The summed E-state index contributed by atoms with van der Waals surface area (Å²) < 4.78 is 43.8. The molecule has 1 saturated heterocycles. The van der Waals surface area contributed by atoms with Crippen molar-refractivity contribution in [1.29, 1.82) is 0 Å². The number of pyridine rings is 1. The lowest BCUT2D eigenvalue weighted by Crippen LogP contribution is -2.38. The number of alkyl halides is 3. The molecule has 0 bridgehead atoms. The van der Waals surface area contributed by atoms with Gasteiger partial charge in [0.1, 0.15) is 5.82 Å². The van der Waals surface area contributed by atoms with Crippen LogP contribution in [0.3, 0.4) is 0 Å². The highest BCUT2D eigenvalue weighted by Crippen LogP contribution is 2.33. The van der Waals surface area contributed by atoms with Gasteiger partial charge in [-0.2, -0.15) is 13.2 Å². The Labute approximate surface area is 164 Å². The molecule has 0 atom stereocenters. The molecule has 1 aliphatic rings. The van der Waals surface area contributed by atoms with Crippen LogP contribution in [-0.4, -0.2) is 37.3 Å². The zero-order valence-electron chi connectivity index (χ0n) is 14.7. The minimum absolute atomic E-state index is 0.0125. The number of aromatic nitrogens is 1. The number of hydrogen-bond acceptors (Lipinski definition) is 4. The van der Waals surface area contributed by atoms with Crippen molar-refractivity contribution in [3.8, 4) is 0 Å². The minimum Gasteiger partial charge on any atom is -0.378 e. The van der Waals surface area contributed by atoms with E-state index in [0.29, 0.717) is 26.3 Å². The van der Waals surface area contributed by atoms with E-state index in [1.54, 1.807) is 12.3 Å². The Kier molecular flexibility index (Phi) is 6.25. The monoisotopic (exact) mass is 414 g/mol. The molecule has 2 heterocycles. The number of ether oxygens (including phenoxy) is 1. The van der Waals surface area contributed by atoms with Crippen molar-refractivity contribution in [3.63, 3.8) is 0 Å². The summed E-state index contributed by atoms with van der Waals surface area (Å²) in [5.74, 6) is 0.739. The van der Waals surface area contributed by atoms with Gasteiger partial charge in [0.25, 0.3) is 0 Å². The van der Waals surface area contributed by atoms with Gasteiger partial charge in [0.05, 0.1) is 29.5 Å². The maximum atomic E-state index is 12.8. The number of benzene rings is 1. The highest BCUT2D eigenvalue weighted by atomic mass is 35.5. The molecule has 150 valence electrons. The van der Waals surface area contributed by atoms with Crippen molar-refractivity contribution < 1.29 is 22.7 Å². The molecule has 1 fully saturated rings. The van der Waals surface area contributed by atoms with Crippen LogP contribution in [0.2, 0.25) is 5.02 Å². The molecule has 2 aromatic rings. The SMILES string of the molecule is O=C(NCc1cccnc1N1CCOCC1)Nc1cc(C(F)(F)F)ccc1Cl.